The number of nitrogens with zero attached hydrogens (tertiary/aromatic N) is 4. The van der Waals surface area contributed by atoms with Crippen molar-refractivity contribution >= 4 is 55.8 Å². The van der Waals surface area contributed by atoms with Gasteiger partial charge < -0.3 is 5.32 Å². The zero-order valence-electron chi connectivity index (χ0n) is 20.6. The molecule has 190 valence electrons. The number of fused-ring (bicyclic) bond motifs is 1. The molecule has 0 aliphatic heterocycles. The summed E-state index contributed by atoms with van der Waals surface area (Å²) in [6.45, 7) is 2.33. The monoisotopic (exact) mass is 584 g/mol. The van der Waals surface area contributed by atoms with Crippen molar-refractivity contribution in [3.63, 3.8) is 0 Å². The average molecular weight is 586 g/mol. The van der Waals surface area contributed by atoms with Crippen LogP contribution in [0.1, 0.15) is 18.3 Å². The molecule has 0 saturated heterocycles. The van der Waals surface area contributed by atoms with E-state index in [-0.39, 0.29) is 11.7 Å². The molecule has 1 amide bonds. The van der Waals surface area contributed by atoms with E-state index in [1.54, 1.807) is 0 Å². The lowest BCUT2D eigenvalue weighted by atomic mass is 10.1. The molecule has 5 aromatic rings. The first-order chi connectivity index (χ1) is 18.6. The van der Waals surface area contributed by atoms with Crippen molar-refractivity contribution in [1.82, 2.24) is 20.2 Å². The summed E-state index contributed by atoms with van der Waals surface area (Å²) < 4.78 is 2.97. The van der Waals surface area contributed by atoms with Crippen molar-refractivity contribution in [2.75, 3.05) is 11.1 Å². The molecule has 0 fully saturated rings. The highest BCUT2D eigenvalue weighted by atomic mass is 79.9. The predicted molar refractivity (Wildman–Crippen MR) is 158 cm³/mol. The molecule has 0 bridgehead atoms. The average Bonchev–Trinajstić information content (AvgIpc) is 3.37. The number of amides is 1. The lowest BCUT2D eigenvalue weighted by Crippen LogP contribution is -2.21. The van der Waals surface area contributed by atoms with Gasteiger partial charge in [0, 0.05) is 21.2 Å². The zero-order chi connectivity index (χ0) is 26.3. The maximum Gasteiger partial charge on any atom is 0.250 e. The van der Waals surface area contributed by atoms with Gasteiger partial charge in [0.1, 0.15) is 0 Å². The fourth-order valence-corrected chi connectivity index (χ4v) is 4.99. The van der Waals surface area contributed by atoms with Crippen molar-refractivity contribution in [3.05, 3.63) is 113 Å². The normalized spacial score (nSPS) is 11.5. The van der Waals surface area contributed by atoms with Crippen LogP contribution in [0.15, 0.2) is 112 Å². The van der Waals surface area contributed by atoms with Gasteiger partial charge in [-0.25, -0.2) is 5.43 Å². The van der Waals surface area contributed by atoms with Crippen LogP contribution in [0.4, 0.5) is 5.69 Å². The third-order valence-corrected chi connectivity index (χ3v) is 7.34. The standard InChI is InChI=1S/C29H25BrN6OS/c1-20(21-14-16-23(30)17-15-21)32-34-28(37)19-38-29-35-33-27(36(29)24-10-3-2-4-11-24)18-31-26-13-7-9-22-8-5-6-12-25(22)26/h2-17,31H,18-19H2,1H3,(H,34,37). The van der Waals surface area contributed by atoms with E-state index in [0.29, 0.717) is 11.7 Å². The van der Waals surface area contributed by atoms with Crippen LogP contribution in [-0.4, -0.2) is 32.1 Å². The molecule has 9 heteroatoms. The Bertz CT molecular complexity index is 1580. The minimum absolute atomic E-state index is 0.152. The second-order valence-corrected chi connectivity index (χ2v) is 10.3. The van der Waals surface area contributed by atoms with Gasteiger partial charge in [0.2, 0.25) is 0 Å². The number of para-hydroxylation sites is 1. The molecule has 4 aromatic carbocycles. The molecule has 1 aromatic heterocycles. The first-order valence-electron chi connectivity index (χ1n) is 12.0. The van der Waals surface area contributed by atoms with Crippen LogP contribution in [0.5, 0.6) is 0 Å². The number of rotatable bonds is 9. The zero-order valence-corrected chi connectivity index (χ0v) is 23.0. The number of carbonyl (C=O) groups excluding carboxylic acids is 1. The molecule has 2 N–H and O–H groups in total. The first kappa shape index (κ1) is 25.7. The molecule has 0 saturated carbocycles. The van der Waals surface area contributed by atoms with Crippen LogP contribution in [0.25, 0.3) is 16.5 Å². The molecule has 0 atom stereocenters. The maximum atomic E-state index is 12.6. The Balaban J connectivity index is 1.30. The van der Waals surface area contributed by atoms with Gasteiger partial charge in [-0.3, -0.25) is 9.36 Å². The molecule has 1 heterocycles. The highest BCUT2D eigenvalue weighted by Crippen LogP contribution is 2.25. The lowest BCUT2D eigenvalue weighted by Gasteiger charge is -2.12. The smallest absolute Gasteiger partial charge is 0.250 e. The first-order valence-corrected chi connectivity index (χ1v) is 13.8. The second-order valence-electron chi connectivity index (χ2n) is 8.48. The number of benzene rings is 4. The third kappa shape index (κ3) is 6.12. The molecule has 0 unspecified atom stereocenters. The van der Waals surface area contributed by atoms with Crippen LogP contribution in [0.3, 0.4) is 0 Å². The molecule has 0 aliphatic carbocycles. The molecular formula is C29H25BrN6OS. The van der Waals surface area contributed by atoms with E-state index in [9.17, 15) is 4.79 Å². The van der Waals surface area contributed by atoms with Gasteiger partial charge in [0.25, 0.3) is 5.91 Å². The maximum absolute atomic E-state index is 12.6. The van der Waals surface area contributed by atoms with Crippen LogP contribution in [0.2, 0.25) is 0 Å². The summed E-state index contributed by atoms with van der Waals surface area (Å²) >= 11 is 4.74. The summed E-state index contributed by atoms with van der Waals surface area (Å²) in [5, 5.41) is 19.6. The molecule has 0 radical (unpaired) electrons. The Hall–Kier alpha value is -3.95. The Labute approximate surface area is 233 Å². The van der Waals surface area contributed by atoms with Gasteiger partial charge >= 0.3 is 0 Å². The molecule has 38 heavy (non-hydrogen) atoms. The van der Waals surface area contributed by atoms with Crippen LogP contribution in [-0.2, 0) is 11.3 Å². The summed E-state index contributed by atoms with van der Waals surface area (Å²) in [5.74, 6) is 0.680. The van der Waals surface area contributed by atoms with Crippen molar-refractivity contribution in [3.8, 4) is 5.69 Å². The van der Waals surface area contributed by atoms with E-state index >= 15 is 0 Å². The van der Waals surface area contributed by atoms with Crippen molar-refractivity contribution < 1.29 is 4.79 Å². The van der Waals surface area contributed by atoms with E-state index in [1.165, 1.54) is 17.1 Å². The molecule has 5 rings (SSSR count). The van der Waals surface area contributed by atoms with Crippen molar-refractivity contribution in [2.24, 2.45) is 5.10 Å². The molecular weight excluding hydrogens is 560 g/mol. The number of aromatic nitrogens is 3. The fourth-order valence-electron chi connectivity index (χ4n) is 3.96. The van der Waals surface area contributed by atoms with Crippen LogP contribution in [0, 0.1) is 0 Å². The van der Waals surface area contributed by atoms with E-state index in [4.69, 9.17) is 0 Å². The number of thioether (sulfide) groups is 1. The van der Waals surface area contributed by atoms with Gasteiger partial charge in [0.15, 0.2) is 11.0 Å². The van der Waals surface area contributed by atoms with Crippen molar-refractivity contribution in [2.45, 2.75) is 18.6 Å². The van der Waals surface area contributed by atoms with E-state index in [1.807, 2.05) is 84.3 Å². The number of hydrogen-bond acceptors (Lipinski definition) is 6. The highest BCUT2D eigenvalue weighted by Gasteiger charge is 2.16. The topological polar surface area (TPSA) is 84.2 Å². The number of hydrogen-bond donors (Lipinski definition) is 2. The Morgan fingerprint density at radius 1 is 0.921 bits per heavy atom. The van der Waals surface area contributed by atoms with Gasteiger partial charge in [0.05, 0.1) is 18.0 Å². The minimum atomic E-state index is -0.218. The fraction of sp³-hybridized carbons (Fsp3) is 0.103. The molecule has 7 nitrogen and oxygen atoms in total. The van der Waals surface area contributed by atoms with Crippen LogP contribution >= 0.6 is 27.7 Å². The van der Waals surface area contributed by atoms with Gasteiger partial charge in [-0.05, 0) is 48.2 Å². The number of halogens is 1. The molecule has 0 spiro atoms. The summed E-state index contributed by atoms with van der Waals surface area (Å²) in [4.78, 5) is 12.6. The van der Waals surface area contributed by atoms with E-state index in [0.717, 1.165) is 38.3 Å². The van der Waals surface area contributed by atoms with Crippen molar-refractivity contribution in [1.29, 1.82) is 0 Å². The second kappa shape index (κ2) is 12.1. The van der Waals surface area contributed by atoms with Crippen LogP contribution < -0.4 is 10.7 Å². The summed E-state index contributed by atoms with van der Waals surface area (Å²) in [6.07, 6.45) is 0. The summed E-state index contributed by atoms with van der Waals surface area (Å²) in [5.41, 5.74) is 6.26. The van der Waals surface area contributed by atoms with Gasteiger partial charge in [-0.1, -0.05) is 94.4 Å². The number of hydrazone groups is 1. The summed E-state index contributed by atoms with van der Waals surface area (Å²) in [6, 6.07) is 32.1. The number of nitrogens with one attached hydrogen (secondary N) is 2. The largest absolute Gasteiger partial charge is 0.377 e. The lowest BCUT2D eigenvalue weighted by molar-refractivity contribution is -0.118. The SMILES string of the molecule is CC(=NNC(=O)CSc1nnc(CNc2cccc3ccccc23)n1-c1ccccc1)c1ccc(Br)cc1. The number of carbonyl (C=O) groups is 1. The highest BCUT2D eigenvalue weighted by molar-refractivity contribution is 9.10. The van der Waals surface area contributed by atoms with Gasteiger partial charge in [-0.2, -0.15) is 5.10 Å². The van der Waals surface area contributed by atoms with E-state index in [2.05, 4.69) is 66.2 Å². The minimum Gasteiger partial charge on any atom is -0.377 e. The third-order valence-electron chi connectivity index (χ3n) is 5.88. The van der Waals surface area contributed by atoms with E-state index < -0.39 is 0 Å². The predicted octanol–water partition coefficient (Wildman–Crippen LogP) is 6.43. The number of anilines is 1. The Morgan fingerprint density at radius 3 is 2.47 bits per heavy atom. The quantitative estimate of drug-likeness (QED) is 0.118. The summed E-state index contributed by atoms with van der Waals surface area (Å²) in [7, 11) is 0. The molecule has 0 aliphatic rings. The van der Waals surface area contributed by atoms with Gasteiger partial charge in [-0.15, -0.1) is 10.2 Å². The Kier molecular flexibility index (Phi) is 8.15. The Morgan fingerprint density at radius 2 is 1.66 bits per heavy atom.